The standard InChI is InChI=1S/C31H27FN8O3S/c1-44(42,43)30(33)18-5-17(6-20(32)7-18)24-13-35-14-27-22(24)9-26(38-27)29-23-10-25(36-15-28(23)39-40-29)19-8-21(12-34-11-19)37-31(41)16-3-2-4-16/h5-16,30,38H,2-4,33H2,1H3,(H,37,41)(H,39,40). The number of anilines is 1. The van der Waals surface area contributed by atoms with Crippen LogP contribution in [0.4, 0.5) is 10.1 Å². The van der Waals surface area contributed by atoms with E-state index in [9.17, 15) is 17.6 Å². The summed E-state index contributed by atoms with van der Waals surface area (Å²) in [7, 11) is -3.64. The molecule has 6 aromatic rings. The first-order valence-corrected chi connectivity index (χ1v) is 15.9. The number of benzene rings is 1. The number of carbonyl (C=O) groups excluding carboxylic acids is 1. The van der Waals surface area contributed by atoms with Gasteiger partial charge in [-0.05, 0) is 60.4 Å². The van der Waals surface area contributed by atoms with Crippen molar-refractivity contribution in [2.75, 3.05) is 11.6 Å². The zero-order chi connectivity index (χ0) is 30.6. The van der Waals surface area contributed by atoms with E-state index in [1.165, 1.54) is 6.07 Å². The second-order valence-corrected chi connectivity index (χ2v) is 13.3. The number of pyridine rings is 3. The molecule has 1 aromatic carbocycles. The van der Waals surface area contributed by atoms with Crippen molar-refractivity contribution in [2.24, 2.45) is 11.7 Å². The lowest BCUT2D eigenvalue weighted by Gasteiger charge is -2.24. The number of carbonyl (C=O) groups is 1. The maximum atomic E-state index is 14.7. The Balaban J connectivity index is 1.26. The number of amides is 1. The van der Waals surface area contributed by atoms with Crippen LogP contribution in [0.2, 0.25) is 0 Å². The van der Waals surface area contributed by atoms with Crippen molar-refractivity contribution in [1.29, 1.82) is 0 Å². The molecule has 0 spiro atoms. The predicted octanol–water partition coefficient (Wildman–Crippen LogP) is 5.11. The molecule has 1 unspecified atom stereocenters. The summed E-state index contributed by atoms with van der Waals surface area (Å²) in [4.78, 5) is 29.0. The third-order valence-corrected chi connectivity index (χ3v) is 9.24. The summed E-state index contributed by atoms with van der Waals surface area (Å²) in [5.74, 6) is -0.540. The van der Waals surface area contributed by atoms with E-state index in [4.69, 9.17) is 5.73 Å². The van der Waals surface area contributed by atoms with Gasteiger partial charge in [-0.15, -0.1) is 0 Å². The van der Waals surface area contributed by atoms with Crippen molar-refractivity contribution in [3.05, 3.63) is 78.8 Å². The highest BCUT2D eigenvalue weighted by molar-refractivity contribution is 7.90. The van der Waals surface area contributed by atoms with Crippen LogP contribution in [0.5, 0.6) is 0 Å². The van der Waals surface area contributed by atoms with E-state index in [0.29, 0.717) is 44.9 Å². The van der Waals surface area contributed by atoms with E-state index < -0.39 is 21.0 Å². The molecule has 5 N–H and O–H groups in total. The van der Waals surface area contributed by atoms with Crippen LogP contribution in [-0.4, -0.2) is 50.7 Å². The van der Waals surface area contributed by atoms with Crippen LogP contribution < -0.4 is 11.1 Å². The van der Waals surface area contributed by atoms with Crippen LogP contribution in [0.25, 0.3) is 55.6 Å². The number of nitrogens with two attached hydrogens (primary N) is 1. The summed E-state index contributed by atoms with van der Waals surface area (Å²) >= 11 is 0. The third-order valence-electron chi connectivity index (χ3n) is 8.05. The van der Waals surface area contributed by atoms with E-state index in [1.807, 2.05) is 18.2 Å². The van der Waals surface area contributed by atoms with Crippen molar-refractivity contribution in [3.63, 3.8) is 0 Å². The molecule has 13 heteroatoms. The Morgan fingerprint density at radius 1 is 0.977 bits per heavy atom. The summed E-state index contributed by atoms with van der Waals surface area (Å²) in [5.41, 5.74) is 11.8. The Kier molecular flexibility index (Phi) is 6.70. The SMILES string of the molecule is CS(=O)(=O)C(N)c1cc(F)cc(-c2cncc3[nH]c(-c4n[nH]c5cnc(-c6cncc(NC(=O)C7CCC7)c6)cc45)cc23)c1. The van der Waals surface area contributed by atoms with E-state index >= 15 is 0 Å². The molecule has 0 saturated heterocycles. The maximum absolute atomic E-state index is 14.7. The van der Waals surface area contributed by atoms with Crippen LogP contribution >= 0.6 is 0 Å². The lowest BCUT2D eigenvalue weighted by molar-refractivity contribution is -0.122. The average Bonchev–Trinajstić information content (AvgIpc) is 3.59. The van der Waals surface area contributed by atoms with E-state index in [-0.39, 0.29) is 17.4 Å². The van der Waals surface area contributed by atoms with Gasteiger partial charge in [0.1, 0.15) is 16.9 Å². The lowest BCUT2D eigenvalue weighted by Crippen LogP contribution is -2.28. The zero-order valence-corrected chi connectivity index (χ0v) is 24.3. The van der Waals surface area contributed by atoms with Crippen LogP contribution in [0, 0.1) is 11.7 Å². The Morgan fingerprint density at radius 2 is 1.80 bits per heavy atom. The van der Waals surface area contributed by atoms with Crippen molar-refractivity contribution >= 4 is 43.2 Å². The number of rotatable bonds is 7. The molecule has 1 saturated carbocycles. The van der Waals surface area contributed by atoms with E-state index in [1.54, 1.807) is 37.1 Å². The van der Waals surface area contributed by atoms with Crippen molar-refractivity contribution < 1.29 is 17.6 Å². The zero-order valence-electron chi connectivity index (χ0n) is 23.5. The van der Waals surface area contributed by atoms with Crippen LogP contribution in [-0.2, 0) is 14.6 Å². The molecular formula is C31H27FN8O3S. The van der Waals surface area contributed by atoms with Gasteiger partial charge in [0.25, 0.3) is 0 Å². The molecule has 0 radical (unpaired) electrons. The first-order chi connectivity index (χ1) is 21.1. The molecule has 7 rings (SSSR count). The van der Waals surface area contributed by atoms with Gasteiger partial charge in [-0.25, -0.2) is 12.8 Å². The normalized spacial score (nSPS) is 14.5. The quantitative estimate of drug-likeness (QED) is 0.193. The monoisotopic (exact) mass is 610 g/mol. The Morgan fingerprint density at radius 3 is 2.57 bits per heavy atom. The highest BCUT2D eigenvalue weighted by Gasteiger charge is 2.25. The van der Waals surface area contributed by atoms with Gasteiger partial charge in [0.15, 0.2) is 9.84 Å². The number of sulfone groups is 1. The van der Waals surface area contributed by atoms with Gasteiger partial charge >= 0.3 is 0 Å². The number of nitrogens with one attached hydrogen (secondary N) is 3. The molecule has 11 nitrogen and oxygen atoms in total. The summed E-state index contributed by atoms with van der Waals surface area (Å²) in [5, 5.41) is 10.7. The molecule has 0 bridgehead atoms. The van der Waals surface area contributed by atoms with Gasteiger partial charge in [-0.2, -0.15) is 5.10 Å². The number of fused-ring (bicyclic) bond motifs is 2. The van der Waals surface area contributed by atoms with Gasteiger partial charge in [0, 0.05) is 46.5 Å². The highest BCUT2D eigenvalue weighted by atomic mass is 32.2. The summed E-state index contributed by atoms with van der Waals surface area (Å²) in [6.45, 7) is 0. The van der Waals surface area contributed by atoms with Crippen LogP contribution in [0.1, 0.15) is 30.2 Å². The van der Waals surface area contributed by atoms with Gasteiger partial charge in [-0.1, -0.05) is 6.42 Å². The Hall–Kier alpha value is -5.01. The first kappa shape index (κ1) is 27.8. The third kappa shape index (κ3) is 5.09. The highest BCUT2D eigenvalue weighted by Crippen LogP contribution is 2.36. The Labute approximate surface area is 251 Å². The molecule has 1 fully saturated rings. The number of H-pyrrole nitrogens is 2. The number of aromatic nitrogens is 6. The summed E-state index contributed by atoms with van der Waals surface area (Å²) in [6, 6.07) is 9.65. The number of halogens is 1. The minimum absolute atomic E-state index is 0.0103. The second-order valence-electron chi connectivity index (χ2n) is 11.1. The van der Waals surface area contributed by atoms with Crippen molar-refractivity contribution in [1.82, 2.24) is 30.1 Å². The lowest BCUT2D eigenvalue weighted by atomic mass is 9.85. The predicted molar refractivity (Wildman–Crippen MR) is 165 cm³/mol. The topological polar surface area (TPSA) is 172 Å². The minimum Gasteiger partial charge on any atom is -0.352 e. The largest absolute Gasteiger partial charge is 0.352 e. The van der Waals surface area contributed by atoms with Crippen LogP contribution in [0.3, 0.4) is 0 Å². The maximum Gasteiger partial charge on any atom is 0.227 e. The van der Waals surface area contributed by atoms with Crippen molar-refractivity contribution in [3.8, 4) is 33.8 Å². The fourth-order valence-electron chi connectivity index (χ4n) is 5.43. The molecule has 1 aliphatic rings. The average molecular weight is 611 g/mol. The summed E-state index contributed by atoms with van der Waals surface area (Å²) in [6.07, 6.45) is 12.2. The van der Waals surface area contributed by atoms with E-state index in [0.717, 1.165) is 47.9 Å². The second kappa shape index (κ2) is 10.6. The fraction of sp³-hybridized carbons (Fsp3) is 0.194. The molecule has 5 aromatic heterocycles. The van der Waals surface area contributed by atoms with Gasteiger partial charge < -0.3 is 16.0 Å². The van der Waals surface area contributed by atoms with Gasteiger partial charge in [-0.3, -0.25) is 24.8 Å². The molecule has 0 aliphatic heterocycles. The molecule has 1 amide bonds. The van der Waals surface area contributed by atoms with E-state index in [2.05, 4.69) is 35.5 Å². The molecule has 1 aliphatic carbocycles. The smallest absolute Gasteiger partial charge is 0.227 e. The minimum atomic E-state index is -3.64. The molecule has 1 atom stereocenters. The number of aromatic amines is 2. The summed E-state index contributed by atoms with van der Waals surface area (Å²) < 4.78 is 38.8. The fourth-order valence-corrected chi connectivity index (χ4v) is 6.06. The number of hydrogen-bond donors (Lipinski definition) is 4. The Bertz CT molecular complexity index is 2190. The number of nitrogens with zero attached hydrogens (tertiary/aromatic N) is 4. The molecular weight excluding hydrogens is 583 g/mol. The first-order valence-electron chi connectivity index (χ1n) is 14.0. The van der Waals surface area contributed by atoms with Gasteiger partial charge in [0.05, 0.1) is 46.7 Å². The molecule has 44 heavy (non-hydrogen) atoms. The molecule has 222 valence electrons. The number of hydrogen-bond acceptors (Lipinski definition) is 8. The molecule has 5 heterocycles. The van der Waals surface area contributed by atoms with Crippen molar-refractivity contribution in [2.45, 2.75) is 24.6 Å². The van der Waals surface area contributed by atoms with Gasteiger partial charge in [0.2, 0.25) is 5.91 Å². The van der Waals surface area contributed by atoms with Crippen LogP contribution in [0.15, 0.2) is 67.4 Å².